The van der Waals surface area contributed by atoms with E-state index in [9.17, 15) is 4.79 Å². The van der Waals surface area contributed by atoms with E-state index in [-0.39, 0.29) is 11.7 Å². The molecule has 0 fully saturated rings. The second-order valence-electron chi connectivity index (χ2n) is 6.07. The number of thioether (sulfide) groups is 1. The Bertz CT molecular complexity index is 1050. The monoisotopic (exact) mass is 390 g/mol. The molecule has 2 aromatic carbocycles. The van der Waals surface area contributed by atoms with Crippen molar-refractivity contribution in [3.05, 3.63) is 85.1 Å². The molecule has 140 valence electrons. The second-order valence-corrected chi connectivity index (χ2v) is 7.01. The number of furan rings is 1. The zero-order valence-corrected chi connectivity index (χ0v) is 15.8. The number of anilines is 1. The van der Waals surface area contributed by atoms with Gasteiger partial charge in [-0.05, 0) is 23.8 Å². The third-order valence-corrected chi connectivity index (χ3v) is 5.09. The van der Waals surface area contributed by atoms with Crippen LogP contribution < -0.4 is 5.32 Å². The van der Waals surface area contributed by atoms with Gasteiger partial charge in [0.2, 0.25) is 5.91 Å². The number of benzene rings is 2. The van der Waals surface area contributed by atoms with Crippen molar-refractivity contribution in [2.75, 3.05) is 11.1 Å². The van der Waals surface area contributed by atoms with E-state index < -0.39 is 0 Å². The third kappa shape index (κ3) is 4.32. The van der Waals surface area contributed by atoms with Gasteiger partial charge in [0.15, 0.2) is 5.16 Å². The molecule has 0 aliphatic heterocycles. The maximum absolute atomic E-state index is 12.5. The Labute approximate surface area is 166 Å². The minimum absolute atomic E-state index is 0.0964. The smallest absolute Gasteiger partial charge is 0.234 e. The van der Waals surface area contributed by atoms with E-state index in [2.05, 4.69) is 15.5 Å². The Balaban J connectivity index is 1.41. The van der Waals surface area contributed by atoms with Gasteiger partial charge < -0.3 is 14.3 Å². The normalized spacial score (nSPS) is 10.7. The van der Waals surface area contributed by atoms with Crippen LogP contribution >= 0.6 is 11.8 Å². The van der Waals surface area contributed by atoms with Gasteiger partial charge >= 0.3 is 0 Å². The molecule has 2 aromatic heterocycles. The highest BCUT2D eigenvalue weighted by atomic mass is 32.2. The van der Waals surface area contributed by atoms with Crippen LogP contribution in [0.15, 0.2) is 88.9 Å². The van der Waals surface area contributed by atoms with Crippen molar-refractivity contribution in [3.8, 4) is 11.1 Å². The van der Waals surface area contributed by atoms with Crippen molar-refractivity contribution in [2.45, 2.75) is 11.7 Å². The van der Waals surface area contributed by atoms with Crippen LogP contribution in [0.1, 0.15) is 5.76 Å². The van der Waals surface area contributed by atoms with Crippen LogP contribution in [0.2, 0.25) is 0 Å². The summed E-state index contributed by atoms with van der Waals surface area (Å²) < 4.78 is 7.21. The number of nitrogens with zero attached hydrogens (tertiary/aromatic N) is 3. The summed E-state index contributed by atoms with van der Waals surface area (Å²) in [5.74, 6) is 0.948. The van der Waals surface area contributed by atoms with E-state index >= 15 is 0 Å². The van der Waals surface area contributed by atoms with Crippen molar-refractivity contribution in [3.63, 3.8) is 0 Å². The summed E-state index contributed by atoms with van der Waals surface area (Å²) in [4.78, 5) is 12.5. The summed E-state index contributed by atoms with van der Waals surface area (Å²) in [7, 11) is 0. The molecular formula is C21H18N4O2S. The fourth-order valence-corrected chi connectivity index (χ4v) is 3.53. The topological polar surface area (TPSA) is 73.0 Å². The SMILES string of the molecule is O=C(CSc1nncn1Cc1ccco1)Nc1ccccc1-c1ccccc1. The van der Waals surface area contributed by atoms with Crippen LogP contribution in [0.25, 0.3) is 11.1 Å². The van der Waals surface area contributed by atoms with Crippen LogP contribution in [0.3, 0.4) is 0 Å². The summed E-state index contributed by atoms with van der Waals surface area (Å²) in [5, 5.41) is 11.7. The zero-order valence-electron chi connectivity index (χ0n) is 15.0. The Morgan fingerprint density at radius 1 is 1.04 bits per heavy atom. The average Bonchev–Trinajstić information content (AvgIpc) is 3.40. The lowest BCUT2D eigenvalue weighted by Gasteiger charge is -2.11. The lowest BCUT2D eigenvalue weighted by Crippen LogP contribution is -2.15. The van der Waals surface area contributed by atoms with Crippen LogP contribution in [-0.4, -0.2) is 26.4 Å². The lowest BCUT2D eigenvalue weighted by atomic mass is 10.0. The van der Waals surface area contributed by atoms with Crippen molar-refractivity contribution < 1.29 is 9.21 Å². The molecule has 28 heavy (non-hydrogen) atoms. The van der Waals surface area contributed by atoms with E-state index in [0.29, 0.717) is 11.7 Å². The number of hydrogen-bond donors (Lipinski definition) is 1. The van der Waals surface area contributed by atoms with E-state index in [1.165, 1.54) is 11.8 Å². The summed E-state index contributed by atoms with van der Waals surface area (Å²) in [6.07, 6.45) is 3.26. The fraction of sp³-hybridized carbons (Fsp3) is 0.0952. The first kappa shape index (κ1) is 18.1. The van der Waals surface area contributed by atoms with Crippen molar-refractivity contribution in [2.24, 2.45) is 0 Å². The first-order chi connectivity index (χ1) is 13.8. The Hall–Kier alpha value is -3.32. The number of rotatable bonds is 7. The maximum Gasteiger partial charge on any atom is 0.234 e. The van der Waals surface area contributed by atoms with Gasteiger partial charge in [-0.3, -0.25) is 4.79 Å². The second kappa shape index (κ2) is 8.58. The summed E-state index contributed by atoms with van der Waals surface area (Å²) >= 11 is 1.34. The fourth-order valence-electron chi connectivity index (χ4n) is 2.81. The van der Waals surface area contributed by atoms with Gasteiger partial charge in [0.25, 0.3) is 0 Å². The molecule has 0 saturated heterocycles. The molecule has 0 atom stereocenters. The highest BCUT2D eigenvalue weighted by Gasteiger charge is 2.12. The predicted molar refractivity (Wildman–Crippen MR) is 109 cm³/mol. The number of amides is 1. The van der Waals surface area contributed by atoms with Gasteiger partial charge in [-0.15, -0.1) is 10.2 Å². The van der Waals surface area contributed by atoms with Gasteiger partial charge in [-0.25, -0.2) is 0 Å². The van der Waals surface area contributed by atoms with Gasteiger partial charge in [0.05, 0.1) is 18.6 Å². The third-order valence-electron chi connectivity index (χ3n) is 4.10. The quantitative estimate of drug-likeness (QED) is 0.476. The largest absolute Gasteiger partial charge is 0.467 e. The van der Waals surface area contributed by atoms with Crippen molar-refractivity contribution >= 4 is 23.4 Å². The first-order valence-electron chi connectivity index (χ1n) is 8.77. The predicted octanol–water partition coefficient (Wildman–Crippen LogP) is 4.32. The molecule has 4 aromatic rings. The van der Waals surface area contributed by atoms with Gasteiger partial charge in [0.1, 0.15) is 12.1 Å². The average molecular weight is 390 g/mol. The van der Waals surface area contributed by atoms with Crippen molar-refractivity contribution in [1.29, 1.82) is 0 Å². The number of carbonyl (C=O) groups excluding carboxylic acids is 1. The minimum Gasteiger partial charge on any atom is -0.467 e. The highest BCUT2D eigenvalue weighted by Crippen LogP contribution is 2.28. The van der Waals surface area contributed by atoms with Gasteiger partial charge in [-0.1, -0.05) is 60.3 Å². The first-order valence-corrected chi connectivity index (χ1v) is 9.75. The van der Waals surface area contributed by atoms with E-state index in [4.69, 9.17) is 4.42 Å². The number of carbonyl (C=O) groups is 1. The number of nitrogens with one attached hydrogen (secondary N) is 1. The highest BCUT2D eigenvalue weighted by molar-refractivity contribution is 7.99. The van der Waals surface area contributed by atoms with Crippen LogP contribution in [0.5, 0.6) is 0 Å². The maximum atomic E-state index is 12.5. The van der Waals surface area contributed by atoms with Crippen LogP contribution in [-0.2, 0) is 11.3 Å². The molecule has 0 aliphatic rings. The standard InChI is InChI=1S/C21H18N4O2S/c26-20(14-28-21-24-22-15-25(21)13-17-9-6-12-27-17)23-19-11-5-4-10-18(19)16-7-2-1-3-8-16/h1-12,15H,13-14H2,(H,23,26). The molecule has 2 heterocycles. The molecule has 4 rings (SSSR count). The van der Waals surface area contributed by atoms with Crippen molar-refractivity contribution in [1.82, 2.24) is 14.8 Å². The Kier molecular flexibility index (Phi) is 5.53. The van der Waals surface area contributed by atoms with E-state index in [1.807, 2.05) is 71.3 Å². The van der Waals surface area contributed by atoms with E-state index in [1.54, 1.807) is 12.6 Å². The number of aromatic nitrogens is 3. The molecule has 0 unspecified atom stereocenters. The van der Waals surface area contributed by atoms with Crippen LogP contribution in [0.4, 0.5) is 5.69 Å². The molecule has 0 radical (unpaired) electrons. The molecule has 6 nitrogen and oxygen atoms in total. The molecule has 0 saturated carbocycles. The number of para-hydroxylation sites is 1. The summed E-state index contributed by atoms with van der Waals surface area (Å²) in [6.45, 7) is 0.529. The Morgan fingerprint density at radius 3 is 2.68 bits per heavy atom. The molecule has 0 bridgehead atoms. The van der Waals surface area contributed by atoms with Crippen LogP contribution in [0, 0.1) is 0 Å². The van der Waals surface area contributed by atoms with E-state index in [0.717, 1.165) is 22.6 Å². The molecular weight excluding hydrogens is 372 g/mol. The summed E-state index contributed by atoms with van der Waals surface area (Å²) in [6, 6.07) is 21.5. The molecule has 0 aliphatic carbocycles. The number of hydrogen-bond acceptors (Lipinski definition) is 5. The molecule has 7 heteroatoms. The Morgan fingerprint density at radius 2 is 1.86 bits per heavy atom. The molecule has 1 amide bonds. The molecule has 0 spiro atoms. The van der Waals surface area contributed by atoms with Gasteiger partial charge in [-0.2, -0.15) is 0 Å². The lowest BCUT2D eigenvalue weighted by molar-refractivity contribution is -0.113. The zero-order chi connectivity index (χ0) is 19.2. The van der Waals surface area contributed by atoms with Gasteiger partial charge in [0, 0.05) is 11.3 Å². The summed E-state index contributed by atoms with van der Waals surface area (Å²) in [5.41, 5.74) is 2.84. The molecule has 1 N–H and O–H groups in total. The minimum atomic E-state index is -0.0964.